The summed E-state index contributed by atoms with van der Waals surface area (Å²) in [6, 6.07) is 18.5. The van der Waals surface area contributed by atoms with E-state index in [4.69, 9.17) is 4.42 Å². The average Bonchev–Trinajstić information content (AvgIpc) is 3.47. The normalized spacial score (nSPS) is 17.6. The van der Waals surface area contributed by atoms with E-state index in [2.05, 4.69) is 40.7 Å². The summed E-state index contributed by atoms with van der Waals surface area (Å²) >= 11 is 0. The molecule has 2 unspecified atom stereocenters. The van der Waals surface area contributed by atoms with Crippen LogP contribution in [0.4, 0.5) is 0 Å². The number of rotatable bonds is 8. The SMILES string of the molecule is CC(NC(=O)C(C)(Cc1c[nH]c2ccccc12)NCc1cc2ccccc2o1)C1CCCCC1. The number of carbonyl (C=O) groups is 1. The fourth-order valence-electron chi connectivity index (χ4n) is 5.41. The molecular formula is C29H35N3O2. The first-order valence-electron chi connectivity index (χ1n) is 12.6. The number of aromatic nitrogens is 1. The lowest BCUT2D eigenvalue weighted by molar-refractivity contribution is -0.128. The minimum Gasteiger partial charge on any atom is -0.460 e. The third kappa shape index (κ3) is 4.76. The smallest absolute Gasteiger partial charge is 0.240 e. The highest BCUT2D eigenvalue weighted by Crippen LogP contribution is 2.28. The number of carbonyl (C=O) groups excluding carboxylic acids is 1. The summed E-state index contributed by atoms with van der Waals surface area (Å²) in [7, 11) is 0. The molecule has 0 aliphatic heterocycles. The molecule has 1 aliphatic rings. The van der Waals surface area contributed by atoms with Gasteiger partial charge in [-0.2, -0.15) is 0 Å². The zero-order valence-corrected chi connectivity index (χ0v) is 20.2. The monoisotopic (exact) mass is 457 g/mol. The Bertz CT molecular complexity index is 1230. The molecule has 2 heterocycles. The number of hydrogen-bond acceptors (Lipinski definition) is 3. The standard InChI is InChI=1S/C29H35N3O2/c1-20(21-10-4-3-5-11-21)32-28(33)29(2,17-23-18-30-26-14-8-7-13-25(23)26)31-19-24-16-22-12-6-9-15-27(22)34-24/h6-9,12-16,18,20-21,30-31H,3-5,10-11,17,19H2,1-2H3,(H,32,33). The maximum Gasteiger partial charge on any atom is 0.240 e. The van der Waals surface area contributed by atoms with Gasteiger partial charge in [-0.3, -0.25) is 10.1 Å². The van der Waals surface area contributed by atoms with Gasteiger partial charge in [-0.1, -0.05) is 55.7 Å². The van der Waals surface area contributed by atoms with Crippen molar-refractivity contribution in [2.45, 2.75) is 70.5 Å². The lowest BCUT2D eigenvalue weighted by Gasteiger charge is -2.34. The molecule has 3 N–H and O–H groups in total. The van der Waals surface area contributed by atoms with E-state index in [9.17, 15) is 4.79 Å². The Kier molecular flexibility index (Phi) is 6.46. The molecule has 1 aliphatic carbocycles. The Morgan fingerprint density at radius 2 is 1.88 bits per heavy atom. The lowest BCUT2D eigenvalue weighted by Crippen LogP contribution is -2.58. The fraction of sp³-hybridized carbons (Fsp3) is 0.414. The molecule has 5 nitrogen and oxygen atoms in total. The Balaban J connectivity index is 1.38. The number of nitrogens with one attached hydrogen (secondary N) is 3. The summed E-state index contributed by atoms with van der Waals surface area (Å²) in [5, 5.41) is 9.17. The predicted octanol–water partition coefficient (Wildman–Crippen LogP) is 6.09. The van der Waals surface area contributed by atoms with Gasteiger partial charge < -0.3 is 14.7 Å². The second kappa shape index (κ2) is 9.67. The predicted molar refractivity (Wildman–Crippen MR) is 138 cm³/mol. The number of para-hydroxylation sites is 2. The van der Waals surface area contributed by atoms with Crippen molar-refractivity contribution in [1.82, 2.24) is 15.6 Å². The van der Waals surface area contributed by atoms with Crippen molar-refractivity contribution in [3.05, 3.63) is 72.1 Å². The second-order valence-electron chi connectivity index (χ2n) is 10.1. The molecular weight excluding hydrogens is 422 g/mol. The molecule has 2 aromatic heterocycles. The van der Waals surface area contributed by atoms with E-state index in [1.807, 2.05) is 49.5 Å². The van der Waals surface area contributed by atoms with Gasteiger partial charge in [-0.15, -0.1) is 0 Å². The van der Waals surface area contributed by atoms with Crippen LogP contribution in [-0.2, 0) is 17.8 Å². The van der Waals surface area contributed by atoms with Crippen LogP contribution in [0.25, 0.3) is 21.9 Å². The minimum absolute atomic E-state index is 0.0481. The van der Waals surface area contributed by atoms with E-state index < -0.39 is 5.54 Å². The van der Waals surface area contributed by atoms with Gasteiger partial charge in [0, 0.05) is 34.9 Å². The van der Waals surface area contributed by atoms with E-state index >= 15 is 0 Å². The fourth-order valence-corrected chi connectivity index (χ4v) is 5.41. The van der Waals surface area contributed by atoms with Crippen molar-refractivity contribution >= 4 is 27.8 Å². The highest BCUT2D eigenvalue weighted by Gasteiger charge is 2.36. The van der Waals surface area contributed by atoms with Crippen molar-refractivity contribution in [3.63, 3.8) is 0 Å². The number of amides is 1. The van der Waals surface area contributed by atoms with Crippen molar-refractivity contribution in [2.75, 3.05) is 0 Å². The van der Waals surface area contributed by atoms with Crippen molar-refractivity contribution < 1.29 is 9.21 Å². The van der Waals surface area contributed by atoms with Gasteiger partial charge in [0.15, 0.2) is 0 Å². The Morgan fingerprint density at radius 1 is 1.12 bits per heavy atom. The summed E-state index contributed by atoms with van der Waals surface area (Å²) in [6.45, 7) is 4.67. The van der Waals surface area contributed by atoms with E-state index in [0.717, 1.165) is 33.2 Å². The molecule has 5 rings (SSSR count). The first-order valence-corrected chi connectivity index (χ1v) is 12.6. The molecule has 2 aromatic carbocycles. The van der Waals surface area contributed by atoms with Gasteiger partial charge in [-0.05, 0) is 56.4 Å². The van der Waals surface area contributed by atoms with Crippen LogP contribution in [0.2, 0.25) is 0 Å². The molecule has 5 heteroatoms. The maximum absolute atomic E-state index is 13.8. The van der Waals surface area contributed by atoms with Crippen LogP contribution in [0.1, 0.15) is 57.3 Å². The highest BCUT2D eigenvalue weighted by atomic mass is 16.3. The summed E-state index contributed by atoms with van der Waals surface area (Å²) < 4.78 is 6.02. The van der Waals surface area contributed by atoms with Crippen LogP contribution in [0.15, 0.2) is 65.2 Å². The first-order chi connectivity index (χ1) is 16.5. The number of hydrogen-bond donors (Lipinski definition) is 3. The Morgan fingerprint density at radius 3 is 2.71 bits per heavy atom. The summed E-state index contributed by atoms with van der Waals surface area (Å²) in [5.74, 6) is 1.44. The van der Waals surface area contributed by atoms with Crippen LogP contribution < -0.4 is 10.6 Å². The topological polar surface area (TPSA) is 70.1 Å². The quantitative estimate of drug-likeness (QED) is 0.300. The summed E-state index contributed by atoms with van der Waals surface area (Å²) in [4.78, 5) is 17.1. The average molecular weight is 458 g/mol. The van der Waals surface area contributed by atoms with Gasteiger partial charge in [0.1, 0.15) is 11.3 Å². The zero-order chi connectivity index (χ0) is 23.5. The number of benzene rings is 2. The van der Waals surface area contributed by atoms with E-state index in [0.29, 0.717) is 18.9 Å². The summed E-state index contributed by atoms with van der Waals surface area (Å²) in [6.07, 6.45) is 8.86. The second-order valence-corrected chi connectivity index (χ2v) is 10.1. The zero-order valence-electron chi connectivity index (χ0n) is 20.2. The van der Waals surface area contributed by atoms with E-state index in [1.165, 1.54) is 32.1 Å². The number of furan rings is 1. The Hall–Kier alpha value is -3.05. The van der Waals surface area contributed by atoms with Gasteiger partial charge in [0.05, 0.1) is 12.1 Å². The molecule has 1 fully saturated rings. The lowest BCUT2D eigenvalue weighted by atomic mass is 9.84. The van der Waals surface area contributed by atoms with Crippen molar-refractivity contribution in [3.8, 4) is 0 Å². The molecule has 178 valence electrons. The van der Waals surface area contributed by atoms with Crippen LogP contribution >= 0.6 is 0 Å². The molecule has 0 radical (unpaired) electrons. The van der Waals surface area contributed by atoms with Gasteiger partial charge in [0.25, 0.3) is 0 Å². The molecule has 0 bridgehead atoms. The molecule has 0 saturated heterocycles. The molecule has 1 amide bonds. The maximum atomic E-state index is 13.8. The molecule has 34 heavy (non-hydrogen) atoms. The van der Waals surface area contributed by atoms with Crippen LogP contribution in [-0.4, -0.2) is 22.5 Å². The van der Waals surface area contributed by atoms with E-state index in [1.54, 1.807) is 0 Å². The third-order valence-corrected chi connectivity index (χ3v) is 7.57. The van der Waals surface area contributed by atoms with Gasteiger partial charge in [-0.25, -0.2) is 0 Å². The molecule has 4 aromatic rings. The molecule has 1 saturated carbocycles. The Labute approximate surface area is 201 Å². The molecule has 2 atom stereocenters. The van der Waals surface area contributed by atoms with Crippen molar-refractivity contribution in [1.29, 1.82) is 0 Å². The van der Waals surface area contributed by atoms with Crippen LogP contribution in [0.5, 0.6) is 0 Å². The van der Waals surface area contributed by atoms with Crippen LogP contribution in [0.3, 0.4) is 0 Å². The third-order valence-electron chi connectivity index (χ3n) is 7.57. The number of aromatic amines is 1. The largest absolute Gasteiger partial charge is 0.460 e. The summed E-state index contributed by atoms with van der Waals surface area (Å²) in [5.41, 5.74) is 2.31. The van der Waals surface area contributed by atoms with Gasteiger partial charge >= 0.3 is 0 Å². The van der Waals surface area contributed by atoms with E-state index in [-0.39, 0.29) is 11.9 Å². The van der Waals surface area contributed by atoms with Crippen LogP contribution in [0, 0.1) is 5.92 Å². The highest BCUT2D eigenvalue weighted by molar-refractivity contribution is 5.89. The molecule has 0 spiro atoms. The van der Waals surface area contributed by atoms with Crippen molar-refractivity contribution in [2.24, 2.45) is 5.92 Å². The minimum atomic E-state index is -0.785. The number of fused-ring (bicyclic) bond motifs is 2. The van der Waals surface area contributed by atoms with Gasteiger partial charge in [0.2, 0.25) is 5.91 Å². The number of H-pyrrole nitrogens is 1. The first kappa shape index (κ1) is 22.7.